The molecule has 1 saturated heterocycles. The Morgan fingerprint density at radius 2 is 2.14 bits per heavy atom. The molecule has 0 bridgehead atoms. The van der Waals surface area contributed by atoms with Crippen LogP contribution in [-0.4, -0.2) is 42.9 Å². The van der Waals surface area contributed by atoms with E-state index in [2.05, 4.69) is 22.5 Å². The van der Waals surface area contributed by atoms with Crippen LogP contribution in [0.2, 0.25) is 0 Å². The molecule has 1 heterocycles. The standard InChI is InChI=1S/C16H23N3O2/c1-12-6-3-4-9-19(12)11-15(20)18-14-8-5-7-13(10-14)16(21)17-2/h5,7-8,10,12H,3-4,6,9,11H2,1-2H3,(H,17,21)(H,18,20)/t12-/m1/s1. The summed E-state index contributed by atoms with van der Waals surface area (Å²) in [6.45, 7) is 3.55. The average molecular weight is 289 g/mol. The number of benzene rings is 1. The van der Waals surface area contributed by atoms with Gasteiger partial charge in [-0.05, 0) is 44.5 Å². The van der Waals surface area contributed by atoms with Crippen LogP contribution in [0.1, 0.15) is 36.5 Å². The van der Waals surface area contributed by atoms with E-state index in [1.165, 1.54) is 6.42 Å². The topological polar surface area (TPSA) is 61.4 Å². The zero-order valence-electron chi connectivity index (χ0n) is 12.7. The predicted octanol–water partition coefficient (Wildman–Crippen LogP) is 1.86. The molecule has 21 heavy (non-hydrogen) atoms. The molecule has 0 saturated carbocycles. The normalized spacial score (nSPS) is 19.0. The first-order valence-electron chi connectivity index (χ1n) is 7.46. The Kier molecular flexibility index (Phi) is 5.33. The van der Waals surface area contributed by atoms with Gasteiger partial charge in [0, 0.05) is 24.3 Å². The van der Waals surface area contributed by atoms with Crippen LogP contribution in [0.5, 0.6) is 0 Å². The Balaban J connectivity index is 1.94. The van der Waals surface area contributed by atoms with Crippen molar-refractivity contribution in [1.29, 1.82) is 0 Å². The fraction of sp³-hybridized carbons (Fsp3) is 0.500. The maximum atomic E-state index is 12.1. The van der Waals surface area contributed by atoms with Crippen molar-refractivity contribution in [2.24, 2.45) is 0 Å². The first-order chi connectivity index (χ1) is 10.1. The van der Waals surface area contributed by atoms with Gasteiger partial charge in [0.05, 0.1) is 6.54 Å². The summed E-state index contributed by atoms with van der Waals surface area (Å²) in [4.78, 5) is 25.9. The molecule has 1 aromatic carbocycles. The first-order valence-corrected chi connectivity index (χ1v) is 7.46. The summed E-state index contributed by atoms with van der Waals surface area (Å²) in [7, 11) is 1.59. The lowest BCUT2D eigenvalue weighted by atomic mass is 10.0. The molecule has 1 fully saturated rings. The van der Waals surface area contributed by atoms with Crippen molar-refractivity contribution in [3.05, 3.63) is 29.8 Å². The van der Waals surface area contributed by atoms with Crippen LogP contribution < -0.4 is 10.6 Å². The summed E-state index contributed by atoms with van der Waals surface area (Å²) in [5, 5.41) is 5.44. The largest absolute Gasteiger partial charge is 0.355 e. The van der Waals surface area contributed by atoms with E-state index < -0.39 is 0 Å². The Morgan fingerprint density at radius 1 is 1.33 bits per heavy atom. The van der Waals surface area contributed by atoms with Gasteiger partial charge >= 0.3 is 0 Å². The summed E-state index contributed by atoms with van der Waals surface area (Å²) >= 11 is 0. The smallest absolute Gasteiger partial charge is 0.251 e. The Hall–Kier alpha value is -1.88. The molecule has 1 aliphatic rings. The number of carbonyl (C=O) groups excluding carboxylic acids is 2. The molecule has 0 spiro atoms. The van der Waals surface area contributed by atoms with Crippen molar-refractivity contribution in [1.82, 2.24) is 10.2 Å². The third kappa shape index (κ3) is 4.29. The van der Waals surface area contributed by atoms with Crippen molar-refractivity contribution in [3.8, 4) is 0 Å². The van der Waals surface area contributed by atoms with Gasteiger partial charge in [0.15, 0.2) is 0 Å². The highest BCUT2D eigenvalue weighted by molar-refractivity contribution is 5.97. The van der Waals surface area contributed by atoms with Crippen molar-refractivity contribution in [3.63, 3.8) is 0 Å². The quantitative estimate of drug-likeness (QED) is 0.889. The Morgan fingerprint density at radius 3 is 2.86 bits per heavy atom. The number of hydrogen-bond donors (Lipinski definition) is 2. The number of hydrogen-bond acceptors (Lipinski definition) is 3. The zero-order chi connectivity index (χ0) is 15.2. The Bertz CT molecular complexity index is 516. The minimum atomic E-state index is -0.157. The van der Waals surface area contributed by atoms with E-state index in [0.717, 1.165) is 19.4 Å². The van der Waals surface area contributed by atoms with Gasteiger partial charge in [-0.1, -0.05) is 12.5 Å². The van der Waals surface area contributed by atoms with Gasteiger partial charge < -0.3 is 10.6 Å². The molecule has 0 aromatic heterocycles. The van der Waals surface area contributed by atoms with E-state index >= 15 is 0 Å². The number of amides is 2. The van der Waals surface area contributed by atoms with Crippen molar-refractivity contribution in [2.75, 3.05) is 25.5 Å². The van der Waals surface area contributed by atoms with E-state index in [-0.39, 0.29) is 11.8 Å². The molecular formula is C16H23N3O2. The van der Waals surface area contributed by atoms with E-state index in [0.29, 0.717) is 23.8 Å². The molecule has 0 radical (unpaired) electrons. The lowest BCUT2D eigenvalue weighted by Crippen LogP contribution is -2.42. The third-order valence-corrected chi connectivity index (χ3v) is 3.92. The SMILES string of the molecule is CNC(=O)c1cccc(NC(=O)CN2CCCC[C@H]2C)c1. The first kappa shape index (κ1) is 15.5. The van der Waals surface area contributed by atoms with Crippen molar-refractivity contribution >= 4 is 17.5 Å². The zero-order valence-corrected chi connectivity index (χ0v) is 12.7. The van der Waals surface area contributed by atoms with Gasteiger partial charge in [0.2, 0.25) is 5.91 Å². The summed E-state index contributed by atoms with van der Waals surface area (Å²) in [5.74, 6) is -0.187. The van der Waals surface area contributed by atoms with Crippen LogP contribution in [-0.2, 0) is 4.79 Å². The van der Waals surface area contributed by atoms with Gasteiger partial charge in [0.25, 0.3) is 5.91 Å². The van der Waals surface area contributed by atoms with Gasteiger partial charge in [-0.2, -0.15) is 0 Å². The average Bonchev–Trinajstić information content (AvgIpc) is 2.49. The van der Waals surface area contributed by atoms with Gasteiger partial charge in [-0.15, -0.1) is 0 Å². The van der Waals surface area contributed by atoms with Crippen LogP contribution in [0.25, 0.3) is 0 Å². The number of nitrogens with one attached hydrogen (secondary N) is 2. The van der Waals surface area contributed by atoms with Gasteiger partial charge in [-0.25, -0.2) is 0 Å². The summed E-state index contributed by atoms with van der Waals surface area (Å²) in [6, 6.07) is 7.44. The molecule has 2 amide bonds. The maximum absolute atomic E-state index is 12.1. The summed E-state index contributed by atoms with van der Waals surface area (Å²) in [6.07, 6.45) is 3.55. The van der Waals surface area contributed by atoms with Crippen LogP contribution in [0.3, 0.4) is 0 Å². The molecule has 1 aromatic rings. The second-order valence-corrected chi connectivity index (χ2v) is 5.52. The molecule has 5 nitrogen and oxygen atoms in total. The van der Waals surface area contributed by atoms with Crippen LogP contribution in [0.4, 0.5) is 5.69 Å². The van der Waals surface area contributed by atoms with Gasteiger partial charge in [0.1, 0.15) is 0 Å². The summed E-state index contributed by atoms with van der Waals surface area (Å²) < 4.78 is 0. The third-order valence-electron chi connectivity index (χ3n) is 3.92. The lowest BCUT2D eigenvalue weighted by molar-refractivity contribution is -0.118. The number of piperidine rings is 1. The van der Waals surface area contributed by atoms with E-state index in [4.69, 9.17) is 0 Å². The van der Waals surface area contributed by atoms with Crippen LogP contribution in [0.15, 0.2) is 24.3 Å². The fourth-order valence-electron chi connectivity index (χ4n) is 2.66. The fourth-order valence-corrected chi connectivity index (χ4v) is 2.66. The number of nitrogens with zero attached hydrogens (tertiary/aromatic N) is 1. The number of likely N-dealkylation sites (tertiary alicyclic amines) is 1. The minimum absolute atomic E-state index is 0.0298. The molecule has 0 aliphatic carbocycles. The number of anilines is 1. The van der Waals surface area contributed by atoms with Crippen LogP contribution in [0, 0.1) is 0 Å². The highest BCUT2D eigenvalue weighted by Crippen LogP contribution is 2.16. The van der Waals surface area contributed by atoms with Crippen molar-refractivity contribution in [2.45, 2.75) is 32.2 Å². The summed E-state index contributed by atoms with van der Waals surface area (Å²) in [5.41, 5.74) is 1.20. The second-order valence-electron chi connectivity index (χ2n) is 5.52. The molecule has 2 rings (SSSR count). The lowest BCUT2D eigenvalue weighted by Gasteiger charge is -2.32. The van der Waals surface area contributed by atoms with E-state index in [1.54, 1.807) is 31.3 Å². The highest BCUT2D eigenvalue weighted by Gasteiger charge is 2.20. The number of carbonyl (C=O) groups is 2. The van der Waals surface area contributed by atoms with Gasteiger partial charge in [-0.3, -0.25) is 14.5 Å². The Labute approximate surface area is 125 Å². The second kappa shape index (κ2) is 7.22. The molecule has 1 aliphatic heterocycles. The molecule has 114 valence electrons. The molecule has 0 unspecified atom stereocenters. The molecular weight excluding hydrogens is 266 g/mol. The highest BCUT2D eigenvalue weighted by atomic mass is 16.2. The van der Waals surface area contributed by atoms with E-state index in [9.17, 15) is 9.59 Å². The predicted molar refractivity (Wildman–Crippen MR) is 83.3 cm³/mol. The van der Waals surface area contributed by atoms with E-state index in [1.807, 2.05) is 0 Å². The monoisotopic (exact) mass is 289 g/mol. The maximum Gasteiger partial charge on any atom is 0.251 e. The van der Waals surface area contributed by atoms with Crippen molar-refractivity contribution < 1.29 is 9.59 Å². The van der Waals surface area contributed by atoms with Crippen LogP contribution >= 0.6 is 0 Å². The number of rotatable bonds is 4. The molecule has 2 N–H and O–H groups in total. The molecule has 5 heteroatoms. The minimum Gasteiger partial charge on any atom is -0.355 e. The molecule has 1 atom stereocenters.